The van der Waals surface area contributed by atoms with Crippen molar-refractivity contribution in [2.45, 2.75) is 58.4 Å². The van der Waals surface area contributed by atoms with E-state index < -0.39 is 0 Å². The van der Waals surface area contributed by atoms with Crippen LogP contribution in [0.3, 0.4) is 0 Å². The molecule has 27 heavy (non-hydrogen) atoms. The van der Waals surface area contributed by atoms with Crippen molar-refractivity contribution in [2.24, 2.45) is 0 Å². The monoisotopic (exact) mass is 365 g/mol. The average Bonchev–Trinajstić information content (AvgIpc) is 2.93. The first kappa shape index (κ1) is 19.1. The van der Waals surface area contributed by atoms with Gasteiger partial charge in [0.15, 0.2) is 0 Å². The number of pyridine rings is 1. The molecule has 0 radical (unpaired) electrons. The maximum Gasteiger partial charge on any atom is 0.257 e. The van der Waals surface area contributed by atoms with Crippen LogP contribution in [-0.2, 0) is 0 Å². The predicted octanol–water partition coefficient (Wildman–Crippen LogP) is 4.40. The van der Waals surface area contributed by atoms with E-state index in [-0.39, 0.29) is 17.9 Å². The molecule has 5 nitrogen and oxygen atoms in total. The number of rotatable bonds is 4. The third-order valence-electron chi connectivity index (χ3n) is 5.22. The maximum atomic E-state index is 12.6. The minimum Gasteiger partial charge on any atom is -0.349 e. The lowest BCUT2D eigenvalue weighted by Crippen LogP contribution is -2.34. The predicted molar refractivity (Wildman–Crippen MR) is 107 cm³/mol. The molecule has 1 aromatic heterocycles. The Hall–Kier alpha value is -2.69. The fraction of sp³-hybridized carbons (Fsp3) is 0.409. The second-order valence-electron chi connectivity index (χ2n) is 7.38. The number of amides is 2. The van der Waals surface area contributed by atoms with Gasteiger partial charge in [-0.2, -0.15) is 0 Å². The fourth-order valence-corrected chi connectivity index (χ4v) is 3.40. The van der Waals surface area contributed by atoms with Gasteiger partial charge in [-0.25, -0.2) is 0 Å². The lowest BCUT2D eigenvalue weighted by atomic mass is 10.1. The van der Waals surface area contributed by atoms with Gasteiger partial charge in [-0.05, 0) is 56.0 Å². The highest BCUT2D eigenvalue weighted by atomic mass is 16.2. The normalized spacial score (nSPS) is 15.0. The molecular formula is C22H27N3O2. The highest BCUT2D eigenvalue weighted by Gasteiger charge is 2.17. The molecule has 1 saturated carbocycles. The molecule has 2 aromatic rings. The van der Waals surface area contributed by atoms with Crippen LogP contribution in [0.2, 0.25) is 0 Å². The maximum absolute atomic E-state index is 12.6. The summed E-state index contributed by atoms with van der Waals surface area (Å²) in [5, 5.41) is 5.97. The Balaban J connectivity index is 1.67. The third kappa shape index (κ3) is 5.16. The first-order valence-electron chi connectivity index (χ1n) is 9.67. The molecule has 5 heteroatoms. The molecule has 0 aliphatic heterocycles. The van der Waals surface area contributed by atoms with Gasteiger partial charge in [0, 0.05) is 24.1 Å². The van der Waals surface area contributed by atoms with E-state index in [0.29, 0.717) is 11.1 Å². The second kappa shape index (κ2) is 8.80. The molecule has 0 spiro atoms. The van der Waals surface area contributed by atoms with E-state index in [0.717, 1.165) is 36.9 Å². The summed E-state index contributed by atoms with van der Waals surface area (Å²) < 4.78 is 0. The molecular weight excluding hydrogens is 338 g/mol. The van der Waals surface area contributed by atoms with Crippen LogP contribution in [0.25, 0.3) is 0 Å². The summed E-state index contributed by atoms with van der Waals surface area (Å²) in [5.41, 5.74) is 3.82. The molecule has 1 heterocycles. The molecule has 1 aromatic carbocycles. The van der Waals surface area contributed by atoms with E-state index >= 15 is 0 Å². The van der Waals surface area contributed by atoms with Gasteiger partial charge in [0.05, 0.1) is 11.1 Å². The fourth-order valence-electron chi connectivity index (χ4n) is 3.40. The van der Waals surface area contributed by atoms with Crippen LogP contribution in [-0.4, -0.2) is 22.8 Å². The van der Waals surface area contributed by atoms with Gasteiger partial charge in [0.25, 0.3) is 11.8 Å². The zero-order valence-corrected chi connectivity index (χ0v) is 16.0. The van der Waals surface area contributed by atoms with Crippen molar-refractivity contribution in [1.29, 1.82) is 0 Å². The molecule has 2 amide bonds. The Kier molecular flexibility index (Phi) is 6.22. The number of aromatic nitrogens is 1. The molecule has 0 atom stereocenters. The summed E-state index contributed by atoms with van der Waals surface area (Å²) in [4.78, 5) is 29.2. The van der Waals surface area contributed by atoms with E-state index in [1.165, 1.54) is 30.8 Å². The van der Waals surface area contributed by atoms with E-state index in [1.807, 2.05) is 32.0 Å². The molecule has 0 saturated heterocycles. The zero-order chi connectivity index (χ0) is 19.2. The Labute approximate surface area is 160 Å². The zero-order valence-electron chi connectivity index (χ0n) is 16.0. The Morgan fingerprint density at radius 3 is 2.22 bits per heavy atom. The minimum atomic E-state index is -0.269. The highest BCUT2D eigenvalue weighted by Crippen LogP contribution is 2.18. The lowest BCUT2D eigenvalue weighted by molar-refractivity contribution is 0.0933. The van der Waals surface area contributed by atoms with Crippen LogP contribution in [0.5, 0.6) is 0 Å². The molecule has 0 bridgehead atoms. The summed E-state index contributed by atoms with van der Waals surface area (Å²) >= 11 is 0. The first-order valence-corrected chi connectivity index (χ1v) is 9.67. The quantitative estimate of drug-likeness (QED) is 0.789. The van der Waals surface area contributed by atoms with Crippen molar-refractivity contribution >= 4 is 17.5 Å². The van der Waals surface area contributed by atoms with Crippen molar-refractivity contribution in [3.05, 3.63) is 58.9 Å². The summed E-state index contributed by atoms with van der Waals surface area (Å²) in [7, 11) is 0. The summed E-state index contributed by atoms with van der Waals surface area (Å²) in [6.07, 6.45) is 9.82. The molecule has 142 valence electrons. The van der Waals surface area contributed by atoms with Crippen LogP contribution in [0.4, 0.5) is 5.69 Å². The molecule has 2 N–H and O–H groups in total. The largest absolute Gasteiger partial charge is 0.349 e. The second-order valence-corrected chi connectivity index (χ2v) is 7.38. The van der Waals surface area contributed by atoms with Crippen molar-refractivity contribution < 1.29 is 9.59 Å². The van der Waals surface area contributed by atoms with E-state index in [2.05, 4.69) is 15.6 Å². The van der Waals surface area contributed by atoms with E-state index in [9.17, 15) is 9.59 Å². The van der Waals surface area contributed by atoms with Gasteiger partial charge in [0.1, 0.15) is 0 Å². The van der Waals surface area contributed by atoms with Gasteiger partial charge in [-0.15, -0.1) is 0 Å². The van der Waals surface area contributed by atoms with Gasteiger partial charge in [-0.1, -0.05) is 31.7 Å². The molecule has 1 aliphatic carbocycles. The van der Waals surface area contributed by atoms with Crippen LogP contribution in [0.15, 0.2) is 36.7 Å². The van der Waals surface area contributed by atoms with Crippen LogP contribution in [0, 0.1) is 13.8 Å². The topological polar surface area (TPSA) is 71.1 Å². The Morgan fingerprint density at radius 2 is 1.56 bits per heavy atom. The van der Waals surface area contributed by atoms with Gasteiger partial charge in [-0.3, -0.25) is 14.6 Å². The van der Waals surface area contributed by atoms with Gasteiger partial charge < -0.3 is 10.6 Å². The number of aryl methyl sites for hydroxylation is 2. The van der Waals surface area contributed by atoms with Gasteiger partial charge in [0.2, 0.25) is 0 Å². The standard InChI is InChI=1S/C22H27N3O2/c1-15-9-10-20(11-16(15)2)25-22(27)18-12-17(13-23-14-18)21(26)24-19-7-5-3-4-6-8-19/h9-14,19H,3-8H2,1-2H3,(H,24,26)(H,25,27). The minimum absolute atomic E-state index is 0.157. The molecule has 1 fully saturated rings. The Morgan fingerprint density at radius 1 is 0.889 bits per heavy atom. The van der Waals surface area contributed by atoms with Crippen molar-refractivity contribution in [1.82, 2.24) is 10.3 Å². The van der Waals surface area contributed by atoms with Crippen molar-refractivity contribution in [2.75, 3.05) is 5.32 Å². The SMILES string of the molecule is Cc1ccc(NC(=O)c2cncc(C(=O)NC3CCCCCC3)c2)cc1C. The Bertz CT molecular complexity index is 824. The molecule has 3 rings (SSSR count). The summed E-state index contributed by atoms with van der Waals surface area (Å²) in [6.45, 7) is 4.03. The number of hydrogen-bond donors (Lipinski definition) is 2. The molecule has 0 unspecified atom stereocenters. The number of nitrogens with zero attached hydrogens (tertiary/aromatic N) is 1. The average molecular weight is 365 g/mol. The lowest BCUT2D eigenvalue weighted by Gasteiger charge is -2.16. The number of nitrogens with one attached hydrogen (secondary N) is 2. The first-order chi connectivity index (χ1) is 13.0. The van der Waals surface area contributed by atoms with E-state index in [4.69, 9.17) is 0 Å². The van der Waals surface area contributed by atoms with E-state index in [1.54, 1.807) is 6.07 Å². The van der Waals surface area contributed by atoms with Crippen LogP contribution >= 0.6 is 0 Å². The number of benzene rings is 1. The summed E-state index contributed by atoms with van der Waals surface area (Å²) in [5.74, 6) is -0.426. The molecule has 1 aliphatic rings. The van der Waals surface area contributed by atoms with Gasteiger partial charge >= 0.3 is 0 Å². The van der Waals surface area contributed by atoms with Crippen LogP contribution in [0.1, 0.15) is 70.4 Å². The summed E-state index contributed by atoms with van der Waals surface area (Å²) in [6, 6.07) is 7.60. The number of hydrogen-bond acceptors (Lipinski definition) is 3. The van der Waals surface area contributed by atoms with Crippen molar-refractivity contribution in [3.8, 4) is 0 Å². The number of anilines is 1. The number of carbonyl (C=O) groups is 2. The smallest absolute Gasteiger partial charge is 0.257 e. The highest BCUT2D eigenvalue weighted by molar-refractivity contribution is 6.05. The number of carbonyl (C=O) groups excluding carboxylic acids is 2. The van der Waals surface area contributed by atoms with Crippen LogP contribution < -0.4 is 10.6 Å². The third-order valence-corrected chi connectivity index (χ3v) is 5.22. The van der Waals surface area contributed by atoms with Crippen molar-refractivity contribution in [3.63, 3.8) is 0 Å².